The molecule has 0 saturated carbocycles. The molecule has 0 fully saturated rings. The molecule has 0 amide bonds. The summed E-state index contributed by atoms with van der Waals surface area (Å²) >= 11 is 0. The Morgan fingerprint density at radius 3 is 2.44 bits per heavy atom. The maximum Gasteiger partial charge on any atom is 0.365 e. The van der Waals surface area contributed by atoms with Gasteiger partial charge in [0.25, 0.3) is 0 Å². The Balaban J connectivity index is 2.78. The number of H-pyrrole nitrogens is 1. The van der Waals surface area contributed by atoms with Crippen LogP contribution in [-0.2, 0) is 9.47 Å². The number of benzene rings is 1. The number of nitrogens with one attached hydrogen (secondary N) is 1. The highest BCUT2D eigenvalue weighted by Crippen LogP contribution is 2.18. The number of esters is 2. The number of aromatic nitrogens is 1. The second-order valence-corrected chi connectivity index (χ2v) is 3.42. The van der Waals surface area contributed by atoms with E-state index in [-0.39, 0.29) is 22.0 Å². The lowest BCUT2D eigenvalue weighted by molar-refractivity contribution is 0.0600. The zero-order chi connectivity index (χ0) is 13.3. The van der Waals surface area contributed by atoms with Crippen molar-refractivity contribution in [1.29, 1.82) is 0 Å². The van der Waals surface area contributed by atoms with Gasteiger partial charge in [0.15, 0.2) is 0 Å². The van der Waals surface area contributed by atoms with Gasteiger partial charge >= 0.3 is 17.6 Å². The summed E-state index contributed by atoms with van der Waals surface area (Å²) in [5.41, 5.74) is -0.404. The molecular formula is C11H9NO6. The Morgan fingerprint density at radius 2 is 1.83 bits per heavy atom. The van der Waals surface area contributed by atoms with Gasteiger partial charge in [0.1, 0.15) is 5.52 Å². The molecule has 0 spiro atoms. The number of fused-ring (bicyclic) bond motifs is 1. The molecule has 0 aliphatic carbocycles. The monoisotopic (exact) mass is 251 g/mol. The number of hydrogen-bond acceptors (Lipinski definition) is 6. The first-order valence-corrected chi connectivity index (χ1v) is 4.90. The number of carbonyl (C=O) groups excluding carboxylic acids is 2. The molecule has 1 aromatic heterocycles. The second-order valence-electron chi connectivity index (χ2n) is 3.42. The summed E-state index contributed by atoms with van der Waals surface area (Å²) < 4.78 is 13.7. The molecule has 0 bridgehead atoms. The molecule has 1 aromatic carbocycles. The van der Waals surface area contributed by atoms with Gasteiger partial charge in [-0.25, -0.2) is 19.5 Å². The number of ether oxygens (including phenoxy) is 2. The highest BCUT2D eigenvalue weighted by Gasteiger charge is 2.19. The van der Waals surface area contributed by atoms with Gasteiger partial charge in [-0.3, -0.25) is 0 Å². The van der Waals surface area contributed by atoms with Crippen LogP contribution in [0.1, 0.15) is 20.7 Å². The predicted molar refractivity (Wildman–Crippen MR) is 59.5 cm³/mol. The fraction of sp³-hybridized carbons (Fsp3) is 0.182. The summed E-state index contributed by atoms with van der Waals surface area (Å²) in [6.45, 7) is 0. The Bertz CT molecular complexity index is 680. The van der Waals surface area contributed by atoms with Gasteiger partial charge in [-0.05, 0) is 12.1 Å². The largest absolute Gasteiger partial charge is 0.465 e. The van der Waals surface area contributed by atoms with Crippen molar-refractivity contribution in [2.75, 3.05) is 14.2 Å². The number of rotatable bonds is 2. The first-order chi connectivity index (χ1) is 8.58. The molecule has 0 radical (unpaired) electrons. The predicted octanol–water partition coefficient (Wildman–Crippen LogP) is 0.694. The van der Waals surface area contributed by atoms with Gasteiger partial charge < -0.3 is 14.0 Å². The molecule has 0 atom stereocenters. The Kier molecular flexibility index (Phi) is 2.88. The van der Waals surface area contributed by atoms with Gasteiger partial charge in [0.05, 0.1) is 30.7 Å². The number of carbonyl (C=O) groups is 2. The lowest BCUT2D eigenvalue weighted by Crippen LogP contribution is -2.08. The van der Waals surface area contributed by atoms with E-state index in [2.05, 4.69) is 19.2 Å². The minimum Gasteiger partial charge on any atom is -0.465 e. The minimum absolute atomic E-state index is 0.0289. The molecule has 2 aromatic rings. The van der Waals surface area contributed by atoms with E-state index in [1.54, 1.807) is 0 Å². The zero-order valence-corrected chi connectivity index (χ0v) is 9.60. The Hall–Kier alpha value is -2.57. The highest BCUT2D eigenvalue weighted by atomic mass is 16.5. The summed E-state index contributed by atoms with van der Waals surface area (Å²) in [4.78, 5) is 34.4. The third-order valence-corrected chi connectivity index (χ3v) is 2.43. The van der Waals surface area contributed by atoms with Crippen LogP contribution >= 0.6 is 0 Å². The van der Waals surface area contributed by atoms with Crippen molar-refractivity contribution >= 4 is 22.8 Å². The van der Waals surface area contributed by atoms with E-state index in [1.807, 2.05) is 0 Å². The van der Waals surface area contributed by atoms with E-state index in [4.69, 9.17) is 0 Å². The Morgan fingerprint density at radius 1 is 1.17 bits per heavy atom. The number of hydrogen-bond donors (Lipinski definition) is 1. The zero-order valence-electron chi connectivity index (χ0n) is 9.60. The smallest absolute Gasteiger partial charge is 0.365 e. The molecule has 7 heteroatoms. The topological polar surface area (TPSA) is 98.6 Å². The van der Waals surface area contributed by atoms with Crippen molar-refractivity contribution in [2.45, 2.75) is 0 Å². The molecule has 18 heavy (non-hydrogen) atoms. The maximum atomic E-state index is 11.6. The lowest BCUT2D eigenvalue weighted by atomic mass is 10.1. The van der Waals surface area contributed by atoms with Crippen LogP contribution in [0.3, 0.4) is 0 Å². The van der Waals surface area contributed by atoms with Crippen molar-refractivity contribution in [3.63, 3.8) is 0 Å². The fourth-order valence-electron chi connectivity index (χ4n) is 1.57. The van der Waals surface area contributed by atoms with Crippen LogP contribution in [0.5, 0.6) is 0 Å². The van der Waals surface area contributed by atoms with Gasteiger partial charge in [0.2, 0.25) is 0 Å². The van der Waals surface area contributed by atoms with Crippen molar-refractivity contribution in [3.8, 4) is 0 Å². The van der Waals surface area contributed by atoms with Gasteiger partial charge in [-0.2, -0.15) is 0 Å². The van der Waals surface area contributed by atoms with Crippen LogP contribution in [0.25, 0.3) is 10.9 Å². The maximum absolute atomic E-state index is 11.6. The quantitative estimate of drug-likeness (QED) is 0.788. The molecule has 1 N–H and O–H groups in total. The number of methoxy groups -OCH3 is 2. The third-order valence-electron chi connectivity index (χ3n) is 2.43. The molecule has 7 nitrogen and oxygen atoms in total. The number of aromatic amines is 1. The van der Waals surface area contributed by atoms with Crippen LogP contribution in [0, 0.1) is 0 Å². The van der Waals surface area contributed by atoms with Gasteiger partial charge in [-0.15, -0.1) is 0 Å². The molecule has 1 heterocycles. The van der Waals surface area contributed by atoms with Crippen LogP contribution in [-0.4, -0.2) is 31.3 Å². The Labute approximate surface area is 100 Å². The summed E-state index contributed by atoms with van der Waals surface area (Å²) in [7, 11) is 2.39. The normalized spacial score (nSPS) is 10.3. The molecular weight excluding hydrogens is 242 g/mol. The molecule has 0 unspecified atom stereocenters. The van der Waals surface area contributed by atoms with Crippen LogP contribution in [0.15, 0.2) is 21.5 Å². The van der Waals surface area contributed by atoms with Crippen molar-refractivity contribution in [1.82, 2.24) is 5.16 Å². The van der Waals surface area contributed by atoms with Crippen LogP contribution in [0.2, 0.25) is 0 Å². The first kappa shape index (κ1) is 11.9. The van der Waals surface area contributed by atoms with Crippen molar-refractivity contribution < 1.29 is 23.6 Å². The fourth-order valence-corrected chi connectivity index (χ4v) is 1.57. The molecule has 0 aliphatic rings. The first-order valence-electron chi connectivity index (χ1n) is 4.90. The summed E-state index contributed by atoms with van der Waals surface area (Å²) in [5.74, 6) is -1.36. The highest BCUT2D eigenvalue weighted by molar-refractivity contribution is 6.06. The van der Waals surface area contributed by atoms with E-state index < -0.39 is 17.6 Å². The molecule has 0 saturated heterocycles. The van der Waals surface area contributed by atoms with E-state index >= 15 is 0 Å². The van der Waals surface area contributed by atoms with E-state index in [0.29, 0.717) is 0 Å². The van der Waals surface area contributed by atoms with Crippen LogP contribution < -0.4 is 5.63 Å². The lowest BCUT2D eigenvalue weighted by Gasteiger charge is -2.03. The summed E-state index contributed by atoms with van der Waals surface area (Å²) in [5, 5.41) is 2.40. The van der Waals surface area contributed by atoms with E-state index in [1.165, 1.54) is 26.4 Å². The summed E-state index contributed by atoms with van der Waals surface area (Å²) in [6.07, 6.45) is 0. The molecule has 94 valence electrons. The van der Waals surface area contributed by atoms with E-state index in [0.717, 1.165) is 0 Å². The average Bonchev–Trinajstić information content (AvgIpc) is 2.77. The van der Waals surface area contributed by atoms with Crippen molar-refractivity contribution in [3.05, 3.63) is 33.7 Å². The van der Waals surface area contributed by atoms with Crippen molar-refractivity contribution in [2.24, 2.45) is 0 Å². The second kappa shape index (κ2) is 4.36. The standard InChI is InChI=1S/C11H9NO6/c1-16-9(13)5-3-6(10(14)17-2)8-7(4-5)11(15)18-12-8/h3-4,12H,1-2H3. The van der Waals surface area contributed by atoms with E-state index in [9.17, 15) is 14.4 Å². The SMILES string of the molecule is COC(=O)c1cc(C(=O)OC)c2[nH]oc(=O)c2c1. The van der Waals surface area contributed by atoms with Gasteiger partial charge in [-0.1, -0.05) is 0 Å². The minimum atomic E-state index is -0.692. The van der Waals surface area contributed by atoms with Gasteiger partial charge in [0, 0.05) is 0 Å². The third kappa shape index (κ3) is 1.75. The van der Waals surface area contributed by atoms with Crippen LogP contribution in [0.4, 0.5) is 0 Å². The summed E-state index contributed by atoms with van der Waals surface area (Å²) in [6, 6.07) is 2.56. The average molecular weight is 251 g/mol. The molecule has 2 rings (SSSR count). The molecule has 0 aliphatic heterocycles.